The Morgan fingerprint density at radius 2 is 1.95 bits per heavy atom. The number of hydrogen-bond donors (Lipinski definition) is 2. The number of aromatic nitrogens is 3. The molecule has 5 nitrogen and oxygen atoms in total. The first-order chi connectivity index (χ1) is 9.74. The average Bonchev–Trinajstić information content (AvgIpc) is 2.92. The molecular weight excluding hydrogens is 323 g/mol. The number of hydrogen-bond acceptors (Lipinski definition) is 3. The fourth-order valence-electron chi connectivity index (χ4n) is 2.08. The van der Waals surface area contributed by atoms with Gasteiger partial charge in [-0.3, -0.25) is 14.8 Å². The summed E-state index contributed by atoms with van der Waals surface area (Å²) in [6.45, 7) is 1.94. The highest BCUT2D eigenvalue weighted by molar-refractivity contribution is 5.94. The Bertz CT molecular complexity index is 712. The zero-order chi connectivity index (χ0) is 13.9. The highest BCUT2D eigenvalue weighted by Gasteiger charge is 2.13. The van der Waals surface area contributed by atoms with Gasteiger partial charge in [-0.1, -0.05) is 0 Å². The molecule has 3 rings (SSSR count). The number of fused-ring (bicyclic) bond motifs is 1. The van der Waals surface area contributed by atoms with Crippen LogP contribution in [-0.2, 0) is 0 Å². The van der Waals surface area contributed by atoms with Gasteiger partial charge >= 0.3 is 0 Å². The SMILES string of the molecule is CC(NC(=O)c1cccnc1)c1cc2ccncc2[nH]1.Cl.Cl. The van der Waals surface area contributed by atoms with Gasteiger partial charge in [0.05, 0.1) is 23.3 Å². The zero-order valence-electron chi connectivity index (χ0n) is 11.8. The van der Waals surface area contributed by atoms with E-state index in [1.54, 1.807) is 36.9 Å². The summed E-state index contributed by atoms with van der Waals surface area (Å²) in [4.78, 5) is 23.3. The van der Waals surface area contributed by atoms with E-state index in [-0.39, 0.29) is 36.8 Å². The molecule has 0 aromatic carbocycles. The largest absolute Gasteiger partial charge is 0.355 e. The number of pyridine rings is 2. The summed E-state index contributed by atoms with van der Waals surface area (Å²) in [5.41, 5.74) is 2.47. The minimum absolute atomic E-state index is 0. The molecular formula is C15H16Cl2N4O. The van der Waals surface area contributed by atoms with Gasteiger partial charge in [0.2, 0.25) is 0 Å². The van der Waals surface area contributed by atoms with E-state index in [1.165, 1.54) is 0 Å². The fraction of sp³-hybridized carbons (Fsp3) is 0.133. The summed E-state index contributed by atoms with van der Waals surface area (Å²) >= 11 is 0. The molecule has 0 aliphatic heterocycles. The number of H-pyrrole nitrogens is 1. The van der Waals surface area contributed by atoms with E-state index in [2.05, 4.69) is 20.3 Å². The Hall–Kier alpha value is -2.11. The number of nitrogens with zero attached hydrogens (tertiary/aromatic N) is 2. The molecule has 0 radical (unpaired) electrons. The number of carbonyl (C=O) groups is 1. The summed E-state index contributed by atoms with van der Waals surface area (Å²) in [5, 5.41) is 4.02. The van der Waals surface area contributed by atoms with Crippen LogP contribution in [0.4, 0.5) is 0 Å². The average molecular weight is 339 g/mol. The third-order valence-corrected chi connectivity index (χ3v) is 3.18. The van der Waals surface area contributed by atoms with Crippen molar-refractivity contribution in [2.75, 3.05) is 0 Å². The van der Waals surface area contributed by atoms with Crippen LogP contribution in [0.15, 0.2) is 49.1 Å². The molecule has 3 aromatic rings. The first-order valence-corrected chi connectivity index (χ1v) is 6.37. The van der Waals surface area contributed by atoms with Crippen LogP contribution in [0, 0.1) is 0 Å². The third kappa shape index (κ3) is 3.75. The quantitative estimate of drug-likeness (QED) is 0.769. The molecule has 0 bridgehead atoms. The predicted molar refractivity (Wildman–Crippen MR) is 90.7 cm³/mol. The fourth-order valence-corrected chi connectivity index (χ4v) is 2.08. The second kappa shape index (κ2) is 7.77. The van der Waals surface area contributed by atoms with Crippen LogP contribution >= 0.6 is 24.8 Å². The second-order valence-electron chi connectivity index (χ2n) is 4.62. The number of amides is 1. The van der Waals surface area contributed by atoms with Crippen LogP contribution < -0.4 is 5.32 Å². The lowest BCUT2D eigenvalue weighted by Crippen LogP contribution is -2.26. The zero-order valence-corrected chi connectivity index (χ0v) is 13.4. The van der Waals surface area contributed by atoms with E-state index in [4.69, 9.17) is 0 Å². The van der Waals surface area contributed by atoms with Crippen LogP contribution in [0.3, 0.4) is 0 Å². The van der Waals surface area contributed by atoms with E-state index in [0.717, 1.165) is 16.6 Å². The molecule has 7 heteroatoms. The highest BCUT2D eigenvalue weighted by Crippen LogP contribution is 2.19. The minimum Gasteiger partial charge on any atom is -0.355 e. The molecule has 0 spiro atoms. The lowest BCUT2D eigenvalue weighted by atomic mass is 10.2. The lowest BCUT2D eigenvalue weighted by molar-refractivity contribution is 0.0939. The standard InChI is InChI=1S/C15H14N4O.2ClH/c1-10(18-15(20)12-3-2-5-16-8-12)13-7-11-4-6-17-9-14(11)19-13;;/h2-10,19H,1H3,(H,18,20);2*1H. The Morgan fingerprint density at radius 1 is 1.18 bits per heavy atom. The van der Waals surface area contributed by atoms with Gasteiger partial charge in [0.25, 0.3) is 5.91 Å². The predicted octanol–water partition coefficient (Wildman–Crippen LogP) is 3.29. The van der Waals surface area contributed by atoms with Gasteiger partial charge in [-0.25, -0.2) is 0 Å². The molecule has 1 atom stereocenters. The summed E-state index contributed by atoms with van der Waals surface area (Å²) < 4.78 is 0. The maximum atomic E-state index is 12.1. The first-order valence-electron chi connectivity index (χ1n) is 6.37. The molecule has 0 aliphatic rings. The van der Waals surface area contributed by atoms with E-state index in [1.807, 2.05) is 19.1 Å². The van der Waals surface area contributed by atoms with Crippen molar-refractivity contribution in [2.45, 2.75) is 13.0 Å². The molecule has 0 saturated heterocycles. The van der Waals surface area contributed by atoms with E-state index < -0.39 is 0 Å². The number of rotatable bonds is 3. The van der Waals surface area contributed by atoms with Crippen molar-refractivity contribution in [3.63, 3.8) is 0 Å². The van der Waals surface area contributed by atoms with Gasteiger partial charge in [-0.2, -0.15) is 0 Å². The van der Waals surface area contributed by atoms with Crippen molar-refractivity contribution in [3.8, 4) is 0 Å². The highest BCUT2D eigenvalue weighted by atomic mass is 35.5. The maximum Gasteiger partial charge on any atom is 0.253 e. The van der Waals surface area contributed by atoms with Crippen molar-refractivity contribution in [2.24, 2.45) is 0 Å². The smallest absolute Gasteiger partial charge is 0.253 e. The summed E-state index contributed by atoms with van der Waals surface area (Å²) in [6, 6.07) is 7.32. The second-order valence-corrected chi connectivity index (χ2v) is 4.62. The van der Waals surface area contributed by atoms with E-state index in [9.17, 15) is 4.79 Å². The number of nitrogens with one attached hydrogen (secondary N) is 2. The Morgan fingerprint density at radius 3 is 2.64 bits per heavy atom. The van der Waals surface area contributed by atoms with Gasteiger partial charge in [-0.05, 0) is 31.2 Å². The van der Waals surface area contributed by atoms with E-state index >= 15 is 0 Å². The van der Waals surface area contributed by atoms with Crippen LogP contribution in [0.2, 0.25) is 0 Å². The molecule has 1 unspecified atom stereocenters. The summed E-state index contributed by atoms with van der Waals surface area (Å²) in [6.07, 6.45) is 6.72. The number of halogens is 2. The van der Waals surface area contributed by atoms with Gasteiger partial charge in [-0.15, -0.1) is 24.8 Å². The Balaban J connectivity index is 0.00000121. The van der Waals surface area contributed by atoms with Gasteiger partial charge in [0, 0.05) is 29.7 Å². The van der Waals surface area contributed by atoms with Gasteiger partial charge in [0.15, 0.2) is 0 Å². The molecule has 1 amide bonds. The van der Waals surface area contributed by atoms with Crippen LogP contribution in [-0.4, -0.2) is 20.9 Å². The Kier molecular flexibility index (Phi) is 6.34. The molecule has 3 heterocycles. The molecule has 3 aromatic heterocycles. The van der Waals surface area contributed by atoms with Crippen LogP contribution in [0.25, 0.3) is 10.9 Å². The summed E-state index contributed by atoms with van der Waals surface area (Å²) in [7, 11) is 0. The third-order valence-electron chi connectivity index (χ3n) is 3.18. The van der Waals surface area contributed by atoms with Gasteiger partial charge < -0.3 is 10.3 Å². The minimum atomic E-state index is -0.137. The normalized spacial score (nSPS) is 11.1. The Labute approximate surface area is 140 Å². The first kappa shape index (κ1) is 17.9. The van der Waals surface area contributed by atoms with Crippen molar-refractivity contribution in [1.82, 2.24) is 20.3 Å². The van der Waals surface area contributed by atoms with Crippen molar-refractivity contribution in [1.29, 1.82) is 0 Å². The molecule has 0 saturated carbocycles. The van der Waals surface area contributed by atoms with Crippen LogP contribution in [0.5, 0.6) is 0 Å². The van der Waals surface area contributed by atoms with Gasteiger partial charge in [0.1, 0.15) is 0 Å². The maximum absolute atomic E-state index is 12.1. The molecule has 116 valence electrons. The molecule has 0 aliphatic carbocycles. The topological polar surface area (TPSA) is 70.7 Å². The lowest BCUT2D eigenvalue weighted by Gasteiger charge is -2.12. The van der Waals surface area contributed by atoms with E-state index in [0.29, 0.717) is 5.56 Å². The van der Waals surface area contributed by atoms with Crippen molar-refractivity contribution in [3.05, 3.63) is 60.3 Å². The van der Waals surface area contributed by atoms with Crippen molar-refractivity contribution < 1.29 is 4.79 Å². The molecule has 22 heavy (non-hydrogen) atoms. The monoisotopic (exact) mass is 338 g/mol. The summed E-state index contributed by atoms with van der Waals surface area (Å²) in [5.74, 6) is -0.137. The number of aromatic amines is 1. The van der Waals surface area contributed by atoms with Crippen molar-refractivity contribution >= 4 is 41.6 Å². The van der Waals surface area contributed by atoms with Crippen LogP contribution in [0.1, 0.15) is 29.0 Å². The molecule has 2 N–H and O–H groups in total. The number of carbonyl (C=O) groups excluding carboxylic acids is 1. The molecule has 0 fully saturated rings.